The number of hydrogen-bond acceptors (Lipinski definition) is 5. The summed E-state index contributed by atoms with van der Waals surface area (Å²) in [6.45, 7) is 5.38. The van der Waals surface area contributed by atoms with E-state index in [9.17, 15) is 5.11 Å². The van der Waals surface area contributed by atoms with E-state index in [0.29, 0.717) is 33.3 Å². The molecule has 0 bridgehead atoms. The SMILES string of the molecule is C=C(Nc1ccc(C#N)c(Cl)c1)[C@](C)(O)COc1ccc(C#N)cc1. The van der Waals surface area contributed by atoms with Gasteiger partial charge in [0.15, 0.2) is 0 Å². The fourth-order valence-corrected chi connectivity index (χ4v) is 2.15. The number of nitrogens with zero attached hydrogens (tertiary/aromatic N) is 2. The van der Waals surface area contributed by atoms with Gasteiger partial charge in [-0.1, -0.05) is 18.2 Å². The lowest BCUT2D eigenvalue weighted by Gasteiger charge is -2.27. The van der Waals surface area contributed by atoms with E-state index < -0.39 is 5.60 Å². The molecule has 1 atom stereocenters. The van der Waals surface area contributed by atoms with Crippen molar-refractivity contribution in [3.63, 3.8) is 0 Å². The third-order valence-corrected chi connectivity index (χ3v) is 3.85. The van der Waals surface area contributed by atoms with Gasteiger partial charge in [0.05, 0.1) is 22.2 Å². The average Bonchev–Trinajstić information content (AvgIpc) is 2.60. The molecule has 2 rings (SSSR count). The Morgan fingerprint density at radius 1 is 1.24 bits per heavy atom. The summed E-state index contributed by atoms with van der Waals surface area (Å²) in [5, 5.41) is 31.5. The summed E-state index contributed by atoms with van der Waals surface area (Å²) in [5.74, 6) is 0.536. The van der Waals surface area contributed by atoms with Crippen molar-refractivity contribution in [2.24, 2.45) is 0 Å². The van der Waals surface area contributed by atoms with Gasteiger partial charge in [-0.2, -0.15) is 10.5 Å². The van der Waals surface area contributed by atoms with Gasteiger partial charge >= 0.3 is 0 Å². The van der Waals surface area contributed by atoms with Gasteiger partial charge in [-0.25, -0.2) is 0 Å². The van der Waals surface area contributed by atoms with Gasteiger partial charge < -0.3 is 15.2 Å². The van der Waals surface area contributed by atoms with E-state index in [0.717, 1.165) is 0 Å². The lowest BCUT2D eigenvalue weighted by Crippen LogP contribution is -2.37. The summed E-state index contributed by atoms with van der Waals surface area (Å²) >= 11 is 5.99. The summed E-state index contributed by atoms with van der Waals surface area (Å²) in [4.78, 5) is 0. The van der Waals surface area contributed by atoms with Crippen molar-refractivity contribution in [3.8, 4) is 17.9 Å². The average molecular weight is 354 g/mol. The van der Waals surface area contributed by atoms with Crippen molar-refractivity contribution in [3.05, 3.63) is 70.9 Å². The molecule has 0 spiro atoms. The fourth-order valence-electron chi connectivity index (χ4n) is 1.93. The first-order chi connectivity index (χ1) is 11.9. The highest BCUT2D eigenvalue weighted by Gasteiger charge is 2.26. The Hall–Kier alpha value is -2.99. The lowest BCUT2D eigenvalue weighted by molar-refractivity contribution is 0.0453. The van der Waals surface area contributed by atoms with Crippen molar-refractivity contribution in [2.45, 2.75) is 12.5 Å². The molecule has 25 heavy (non-hydrogen) atoms. The molecule has 0 saturated heterocycles. The number of ether oxygens (including phenoxy) is 1. The maximum atomic E-state index is 10.6. The quantitative estimate of drug-likeness (QED) is 0.823. The minimum Gasteiger partial charge on any atom is -0.490 e. The number of rotatable bonds is 6. The van der Waals surface area contributed by atoms with Crippen LogP contribution in [-0.2, 0) is 0 Å². The standard InChI is InChI=1S/C19H16ClN3O2/c1-13(23-16-6-5-15(11-22)18(20)9-16)19(2,24)12-25-17-7-3-14(10-21)4-8-17/h3-9,23-24H,1,12H2,2H3/t19-/m1/s1. The topological polar surface area (TPSA) is 89.1 Å². The second-order valence-electron chi connectivity index (χ2n) is 5.61. The van der Waals surface area contributed by atoms with E-state index in [1.807, 2.05) is 12.1 Å². The van der Waals surface area contributed by atoms with Crippen molar-refractivity contribution in [2.75, 3.05) is 11.9 Å². The zero-order chi connectivity index (χ0) is 18.4. The molecule has 0 unspecified atom stereocenters. The van der Waals surface area contributed by atoms with Crippen molar-refractivity contribution >= 4 is 17.3 Å². The predicted molar refractivity (Wildman–Crippen MR) is 96.2 cm³/mol. The van der Waals surface area contributed by atoms with E-state index in [-0.39, 0.29) is 6.61 Å². The number of benzene rings is 2. The third-order valence-electron chi connectivity index (χ3n) is 3.54. The summed E-state index contributed by atoms with van der Waals surface area (Å²) < 4.78 is 5.56. The third kappa shape index (κ3) is 4.74. The van der Waals surface area contributed by atoms with Crippen LogP contribution in [0.5, 0.6) is 5.75 Å². The van der Waals surface area contributed by atoms with Crippen LogP contribution in [0.1, 0.15) is 18.1 Å². The zero-order valence-corrected chi connectivity index (χ0v) is 14.3. The normalized spacial score (nSPS) is 12.4. The summed E-state index contributed by atoms with van der Waals surface area (Å²) in [6, 6.07) is 15.4. The molecule has 0 aliphatic heterocycles. The molecule has 0 radical (unpaired) electrons. The molecule has 0 amide bonds. The van der Waals surface area contributed by atoms with Crippen LogP contribution in [0.15, 0.2) is 54.7 Å². The highest BCUT2D eigenvalue weighted by molar-refractivity contribution is 6.32. The van der Waals surface area contributed by atoms with Crippen LogP contribution in [0.4, 0.5) is 5.69 Å². The zero-order valence-electron chi connectivity index (χ0n) is 13.6. The first-order valence-electron chi connectivity index (χ1n) is 7.37. The van der Waals surface area contributed by atoms with E-state index in [1.54, 1.807) is 49.4 Å². The molecule has 0 fully saturated rings. The fraction of sp³-hybridized carbons (Fsp3) is 0.158. The predicted octanol–water partition coefficient (Wildman–Crippen LogP) is 3.84. The van der Waals surface area contributed by atoms with Crippen LogP contribution in [-0.4, -0.2) is 17.3 Å². The number of nitrogens with one attached hydrogen (secondary N) is 1. The van der Waals surface area contributed by atoms with E-state index in [4.69, 9.17) is 26.9 Å². The highest BCUT2D eigenvalue weighted by atomic mass is 35.5. The Bertz CT molecular complexity index is 862. The Morgan fingerprint density at radius 3 is 2.48 bits per heavy atom. The van der Waals surface area contributed by atoms with Crippen LogP contribution in [0.3, 0.4) is 0 Å². The van der Waals surface area contributed by atoms with Crippen molar-refractivity contribution in [1.82, 2.24) is 0 Å². The first-order valence-corrected chi connectivity index (χ1v) is 7.75. The molecule has 2 aromatic carbocycles. The van der Waals surface area contributed by atoms with E-state index >= 15 is 0 Å². The number of nitriles is 2. The van der Waals surface area contributed by atoms with Crippen LogP contribution in [0, 0.1) is 22.7 Å². The van der Waals surface area contributed by atoms with Gasteiger partial charge in [0.1, 0.15) is 24.0 Å². The van der Waals surface area contributed by atoms with Crippen LogP contribution < -0.4 is 10.1 Å². The Labute approximate surface area is 151 Å². The van der Waals surface area contributed by atoms with Gasteiger partial charge in [-0.3, -0.25) is 0 Å². The largest absolute Gasteiger partial charge is 0.490 e. The second-order valence-corrected chi connectivity index (χ2v) is 6.02. The smallest absolute Gasteiger partial charge is 0.135 e. The molecule has 5 nitrogen and oxygen atoms in total. The van der Waals surface area contributed by atoms with Gasteiger partial charge in [-0.15, -0.1) is 0 Å². The molecule has 126 valence electrons. The maximum Gasteiger partial charge on any atom is 0.135 e. The minimum atomic E-state index is -1.35. The van der Waals surface area contributed by atoms with E-state index in [2.05, 4.69) is 11.9 Å². The molecule has 0 aromatic heterocycles. The van der Waals surface area contributed by atoms with Crippen LogP contribution in [0.25, 0.3) is 0 Å². The lowest BCUT2D eigenvalue weighted by atomic mass is 10.0. The summed E-state index contributed by atoms with van der Waals surface area (Å²) in [5.41, 5.74) is 0.472. The first kappa shape index (κ1) is 18.4. The molecular formula is C19H16ClN3O2. The summed E-state index contributed by atoms with van der Waals surface area (Å²) in [7, 11) is 0. The molecule has 0 saturated carbocycles. The number of halogens is 1. The molecule has 6 heteroatoms. The number of aliphatic hydroxyl groups is 1. The van der Waals surface area contributed by atoms with Crippen LogP contribution >= 0.6 is 11.6 Å². The summed E-state index contributed by atoms with van der Waals surface area (Å²) in [6.07, 6.45) is 0. The maximum absolute atomic E-state index is 10.6. The Kier molecular flexibility index (Phi) is 5.67. The molecule has 2 aromatic rings. The van der Waals surface area contributed by atoms with Gasteiger partial charge in [0.2, 0.25) is 0 Å². The second kappa shape index (κ2) is 7.72. The Balaban J connectivity index is 2.00. The number of hydrogen-bond donors (Lipinski definition) is 2. The van der Waals surface area contributed by atoms with E-state index in [1.165, 1.54) is 0 Å². The van der Waals surface area contributed by atoms with Gasteiger partial charge in [0.25, 0.3) is 0 Å². The molecule has 0 aliphatic rings. The minimum absolute atomic E-state index is 0.0330. The van der Waals surface area contributed by atoms with Gasteiger partial charge in [0, 0.05) is 11.4 Å². The van der Waals surface area contributed by atoms with Crippen molar-refractivity contribution < 1.29 is 9.84 Å². The Morgan fingerprint density at radius 2 is 1.92 bits per heavy atom. The molecule has 2 N–H and O–H groups in total. The van der Waals surface area contributed by atoms with Crippen LogP contribution in [0.2, 0.25) is 5.02 Å². The monoisotopic (exact) mass is 353 g/mol. The van der Waals surface area contributed by atoms with Gasteiger partial charge in [-0.05, 0) is 49.4 Å². The molecular weight excluding hydrogens is 338 g/mol. The van der Waals surface area contributed by atoms with Crippen molar-refractivity contribution in [1.29, 1.82) is 10.5 Å². The highest BCUT2D eigenvalue weighted by Crippen LogP contribution is 2.24. The number of anilines is 1. The molecule has 0 heterocycles. The molecule has 0 aliphatic carbocycles.